The van der Waals surface area contributed by atoms with E-state index in [2.05, 4.69) is 48.6 Å². The van der Waals surface area contributed by atoms with Crippen LogP contribution in [0.2, 0.25) is 0 Å². The minimum Gasteiger partial charge on any atom is -0.481 e. The van der Waals surface area contributed by atoms with Crippen LogP contribution in [-0.2, 0) is 20.7 Å². The number of benzene rings is 2. The molecular formula is C23H29IO4. The summed E-state index contributed by atoms with van der Waals surface area (Å²) in [5, 5.41) is 8.51. The molecule has 0 aromatic heterocycles. The number of hydrogen-bond acceptors (Lipinski definition) is 3. The van der Waals surface area contributed by atoms with Gasteiger partial charge in [0, 0.05) is 9.99 Å². The van der Waals surface area contributed by atoms with E-state index < -0.39 is 5.97 Å². The van der Waals surface area contributed by atoms with Crippen molar-refractivity contribution in [1.29, 1.82) is 0 Å². The van der Waals surface area contributed by atoms with Crippen LogP contribution in [-0.4, -0.2) is 23.7 Å². The predicted octanol–water partition coefficient (Wildman–Crippen LogP) is 5.69. The highest BCUT2D eigenvalue weighted by Crippen LogP contribution is 2.19. The molecule has 5 heteroatoms. The fourth-order valence-corrected chi connectivity index (χ4v) is 2.90. The monoisotopic (exact) mass is 496 g/mol. The van der Waals surface area contributed by atoms with Gasteiger partial charge in [-0.25, -0.2) is 0 Å². The number of ether oxygens (including phenoxy) is 1. The maximum Gasteiger partial charge on any atom is 0.313 e. The van der Waals surface area contributed by atoms with Crippen LogP contribution in [0.1, 0.15) is 50.7 Å². The van der Waals surface area contributed by atoms with Crippen LogP contribution in [0.5, 0.6) is 0 Å². The first-order valence-corrected chi connectivity index (χ1v) is 10.5. The van der Waals surface area contributed by atoms with E-state index in [4.69, 9.17) is 9.84 Å². The van der Waals surface area contributed by atoms with Gasteiger partial charge in [0.15, 0.2) is 0 Å². The molecular weight excluding hydrogens is 467 g/mol. The average molecular weight is 496 g/mol. The summed E-state index contributed by atoms with van der Waals surface area (Å²) in [5.74, 6) is -0.910. The van der Waals surface area contributed by atoms with E-state index in [9.17, 15) is 9.59 Å². The van der Waals surface area contributed by atoms with E-state index >= 15 is 0 Å². The molecule has 1 N–H and O–H groups in total. The first-order chi connectivity index (χ1) is 13.3. The second kappa shape index (κ2) is 13.3. The third kappa shape index (κ3) is 10.4. The standard InChI is InChI=1S/C17H24O4.C6H5I/c1-12(2)11-14-6-8-15(9-7-14)13(3)17(20)21-10-4-5-16(18)19;7-6-4-2-1-3-5-6/h6-9,12-13H,4-5,10-11H2,1-3H3,(H,18,19);1-5H. The molecule has 2 aromatic rings. The van der Waals surface area contributed by atoms with Gasteiger partial charge in [-0.15, -0.1) is 0 Å². The molecule has 2 rings (SSSR count). The molecule has 28 heavy (non-hydrogen) atoms. The highest BCUT2D eigenvalue weighted by atomic mass is 127. The Morgan fingerprint density at radius 1 is 1.00 bits per heavy atom. The number of esters is 1. The fourth-order valence-electron chi connectivity index (χ4n) is 2.49. The van der Waals surface area contributed by atoms with E-state index in [1.54, 1.807) is 6.92 Å². The highest BCUT2D eigenvalue weighted by molar-refractivity contribution is 14.1. The Morgan fingerprint density at radius 3 is 2.07 bits per heavy atom. The second-order valence-corrected chi connectivity index (χ2v) is 8.27. The van der Waals surface area contributed by atoms with Gasteiger partial charge < -0.3 is 9.84 Å². The van der Waals surface area contributed by atoms with Crippen LogP contribution >= 0.6 is 22.6 Å². The maximum absolute atomic E-state index is 11.9. The lowest BCUT2D eigenvalue weighted by Crippen LogP contribution is -2.14. The van der Waals surface area contributed by atoms with Gasteiger partial charge >= 0.3 is 11.9 Å². The molecule has 4 nitrogen and oxygen atoms in total. The smallest absolute Gasteiger partial charge is 0.313 e. The molecule has 1 unspecified atom stereocenters. The predicted molar refractivity (Wildman–Crippen MR) is 120 cm³/mol. The minimum atomic E-state index is -0.875. The van der Waals surface area contributed by atoms with Crippen molar-refractivity contribution in [2.45, 2.75) is 46.0 Å². The van der Waals surface area contributed by atoms with Crippen LogP contribution in [0.4, 0.5) is 0 Å². The van der Waals surface area contributed by atoms with Crippen molar-refractivity contribution in [2.24, 2.45) is 5.92 Å². The van der Waals surface area contributed by atoms with E-state index in [1.807, 2.05) is 42.5 Å². The molecule has 2 aromatic carbocycles. The van der Waals surface area contributed by atoms with E-state index in [0.29, 0.717) is 12.3 Å². The highest BCUT2D eigenvalue weighted by Gasteiger charge is 2.16. The Bertz CT molecular complexity index is 711. The largest absolute Gasteiger partial charge is 0.481 e. The van der Waals surface area contributed by atoms with Crippen molar-refractivity contribution in [3.63, 3.8) is 0 Å². The zero-order valence-electron chi connectivity index (χ0n) is 16.7. The first kappa shape index (κ1) is 24.1. The van der Waals surface area contributed by atoms with Crippen LogP contribution in [0.25, 0.3) is 0 Å². The summed E-state index contributed by atoms with van der Waals surface area (Å²) in [5.41, 5.74) is 2.18. The number of carboxylic acid groups (broad SMARTS) is 1. The van der Waals surface area contributed by atoms with Gasteiger partial charge in [0.25, 0.3) is 0 Å². The molecule has 0 aliphatic carbocycles. The molecule has 1 atom stereocenters. The lowest BCUT2D eigenvalue weighted by molar-refractivity contribution is -0.146. The van der Waals surface area contributed by atoms with Gasteiger partial charge in [0.2, 0.25) is 0 Å². The van der Waals surface area contributed by atoms with Gasteiger partial charge in [0.1, 0.15) is 0 Å². The average Bonchev–Trinajstić information content (AvgIpc) is 2.65. The Morgan fingerprint density at radius 2 is 1.61 bits per heavy atom. The van der Waals surface area contributed by atoms with Gasteiger partial charge in [-0.1, -0.05) is 56.3 Å². The first-order valence-electron chi connectivity index (χ1n) is 9.47. The van der Waals surface area contributed by atoms with Gasteiger partial charge in [0.05, 0.1) is 12.5 Å². The number of aliphatic carboxylic acids is 1. The number of carbonyl (C=O) groups excluding carboxylic acids is 1. The summed E-state index contributed by atoms with van der Waals surface area (Å²) in [7, 11) is 0. The zero-order valence-corrected chi connectivity index (χ0v) is 18.9. The summed E-state index contributed by atoms with van der Waals surface area (Å²) < 4.78 is 6.39. The zero-order chi connectivity index (χ0) is 20.9. The van der Waals surface area contributed by atoms with Crippen LogP contribution in [0.3, 0.4) is 0 Å². The number of carbonyl (C=O) groups is 2. The molecule has 0 fully saturated rings. The van der Waals surface area contributed by atoms with E-state index in [0.717, 1.165) is 12.0 Å². The quantitative estimate of drug-likeness (QED) is 0.290. The van der Waals surface area contributed by atoms with Crippen molar-refractivity contribution in [1.82, 2.24) is 0 Å². The Hall–Kier alpha value is -1.89. The van der Waals surface area contributed by atoms with Crippen LogP contribution < -0.4 is 0 Å². The van der Waals surface area contributed by atoms with Crippen molar-refractivity contribution in [2.75, 3.05) is 6.61 Å². The van der Waals surface area contributed by atoms with Crippen molar-refractivity contribution < 1.29 is 19.4 Å². The SMILES string of the molecule is CC(C)Cc1ccc(C(C)C(=O)OCCCC(=O)O)cc1.Ic1ccccc1. The van der Waals surface area contributed by atoms with Crippen molar-refractivity contribution >= 4 is 34.5 Å². The molecule has 0 aliphatic heterocycles. The summed E-state index contributed by atoms with van der Waals surface area (Å²) >= 11 is 2.28. The third-order valence-corrected chi connectivity index (χ3v) is 4.71. The topological polar surface area (TPSA) is 63.6 Å². The molecule has 0 aliphatic rings. The Labute approximate surface area is 181 Å². The van der Waals surface area contributed by atoms with Gasteiger partial charge in [-0.3, -0.25) is 9.59 Å². The van der Waals surface area contributed by atoms with Crippen LogP contribution in [0.15, 0.2) is 54.6 Å². The summed E-state index contributed by atoms with van der Waals surface area (Å²) in [6.07, 6.45) is 1.39. The molecule has 0 heterocycles. The summed E-state index contributed by atoms with van der Waals surface area (Å²) in [6, 6.07) is 18.2. The van der Waals surface area contributed by atoms with Gasteiger partial charge in [-0.2, -0.15) is 0 Å². The molecule has 0 saturated heterocycles. The Balaban J connectivity index is 0.000000467. The van der Waals surface area contributed by atoms with E-state index in [-0.39, 0.29) is 24.9 Å². The van der Waals surface area contributed by atoms with E-state index in [1.165, 1.54) is 9.13 Å². The molecule has 0 spiro atoms. The maximum atomic E-state index is 11.9. The molecule has 0 saturated carbocycles. The second-order valence-electron chi connectivity index (χ2n) is 7.02. The number of rotatable bonds is 8. The summed E-state index contributed by atoms with van der Waals surface area (Å²) in [4.78, 5) is 22.2. The molecule has 0 amide bonds. The number of carboxylic acids is 1. The normalized spacial score (nSPS) is 11.3. The summed E-state index contributed by atoms with van der Waals surface area (Å²) in [6.45, 7) is 6.30. The number of hydrogen-bond donors (Lipinski definition) is 1. The lowest BCUT2D eigenvalue weighted by atomic mass is 9.97. The van der Waals surface area contributed by atoms with Crippen LogP contribution in [0, 0.1) is 9.49 Å². The third-order valence-electron chi connectivity index (χ3n) is 3.99. The lowest BCUT2D eigenvalue weighted by Gasteiger charge is -2.12. The van der Waals surface area contributed by atoms with Crippen molar-refractivity contribution in [3.05, 3.63) is 69.3 Å². The van der Waals surface area contributed by atoms with Gasteiger partial charge in [-0.05, 0) is 71.5 Å². The fraction of sp³-hybridized carbons (Fsp3) is 0.391. The molecule has 0 bridgehead atoms. The van der Waals surface area contributed by atoms with Crippen molar-refractivity contribution in [3.8, 4) is 0 Å². The number of halogens is 1. The molecule has 152 valence electrons. The minimum absolute atomic E-state index is 0.0194. The Kier molecular flexibility index (Phi) is 11.5. The molecule has 0 radical (unpaired) electrons.